The molecule has 8 heteroatoms. The fourth-order valence-electron chi connectivity index (χ4n) is 2.88. The molecule has 2 aliphatic rings. The average Bonchev–Trinajstić information content (AvgIpc) is 3.25. The van der Waals surface area contributed by atoms with E-state index in [4.69, 9.17) is 31.2 Å². The maximum atomic E-state index is 13.0. The van der Waals surface area contributed by atoms with Gasteiger partial charge in [0.15, 0.2) is 27.3 Å². The Balaban J connectivity index is 1.68. The van der Waals surface area contributed by atoms with Gasteiger partial charge >= 0.3 is 0 Å². The summed E-state index contributed by atoms with van der Waals surface area (Å²) in [6.07, 6.45) is 1.76. The number of ether oxygens (including phenoxy) is 4. The summed E-state index contributed by atoms with van der Waals surface area (Å²) in [6.45, 7) is 0.173. The van der Waals surface area contributed by atoms with E-state index >= 15 is 0 Å². The van der Waals surface area contributed by atoms with E-state index in [1.54, 1.807) is 44.6 Å². The fourth-order valence-corrected chi connectivity index (χ4v) is 4.17. The first kappa shape index (κ1) is 17.7. The summed E-state index contributed by atoms with van der Waals surface area (Å²) < 4.78 is 21.9. The van der Waals surface area contributed by atoms with Crippen LogP contribution in [0.5, 0.6) is 23.0 Å². The van der Waals surface area contributed by atoms with Gasteiger partial charge in [-0.15, -0.1) is 0 Å². The second-order valence-electron chi connectivity index (χ2n) is 5.64. The van der Waals surface area contributed by atoms with E-state index in [1.165, 1.54) is 16.7 Å². The zero-order valence-electron chi connectivity index (χ0n) is 14.6. The van der Waals surface area contributed by atoms with E-state index < -0.39 is 0 Å². The number of nitrogens with zero attached hydrogens (tertiary/aromatic N) is 1. The topological polar surface area (TPSA) is 57.2 Å². The molecule has 2 aliphatic heterocycles. The molecule has 1 saturated heterocycles. The van der Waals surface area contributed by atoms with E-state index in [1.807, 2.05) is 12.1 Å². The van der Waals surface area contributed by atoms with Crippen LogP contribution in [-0.4, -0.2) is 31.2 Å². The third-order valence-corrected chi connectivity index (χ3v) is 5.43. The molecular formula is C19H15NO5S2. The number of hydrogen-bond donors (Lipinski definition) is 0. The van der Waals surface area contributed by atoms with Crippen LogP contribution in [0, 0.1) is 0 Å². The summed E-state index contributed by atoms with van der Waals surface area (Å²) in [7, 11) is 3.13. The normalized spacial score (nSPS) is 17.0. The Hall–Kier alpha value is -2.71. The smallest absolute Gasteiger partial charge is 0.270 e. The molecule has 2 aromatic rings. The van der Waals surface area contributed by atoms with Crippen LogP contribution in [0.2, 0.25) is 0 Å². The van der Waals surface area contributed by atoms with E-state index in [2.05, 4.69) is 0 Å². The van der Waals surface area contributed by atoms with Crippen LogP contribution in [0.3, 0.4) is 0 Å². The molecule has 0 radical (unpaired) electrons. The van der Waals surface area contributed by atoms with Crippen molar-refractivity contribution in [2.24, 2.45) is 0 Å². The van der Waals surface area contributed by atoms with Gasteiger partial charge in [-0.05, 0) is 24.3 Å². The van der Waals surface area contributed by atoms with Gasteiger partial charge < -0.3 is 18.9 Å². The highest BCUT2D eigenvalue weighted by Crippen LogP contribution is 2.42. The number of thioether (sulfide) groups is 1. The number of carbonyl (C=O) groups is 1. The van der Waals surface area contributed by atoms with E-state index in [-0.39, 0.29) is 12.7 Å². The number of para-hydroxylation sites is 1. The highest BCUT2D eigenvalue weighted by Gasteiger charge is 2.34. The highest BCUT2D eigenvalue weighted by atomic mass is 32.2. The number of rotatable bonds is 4. The minimum absolute atomic E-state index is 0.173. The van der Waals surface area contributed by atoms with E-state index in [0.717, 1.165) is 5.56 Å². The van der Waals surface area contributed by atoms with Crippen molar-refractivity contribution in [2.75, 3.05) is 25.9 Å². The Bertz CT molecular complexity index is 973. The number of hydrogen-bond acceptors (Lipinski definition) is 7. The van der Waals surface area contributed by atoms with Crippen LogP contribution in [0.4, 0.5) is 5.69 Å². The van der Waals surface area contributed by atoms with Crippen molar-refractivity contribution in [3.8, 4) is 23.0 Å². The molecule has 6 nitrogen and oxygen atoms in total. The summed E-state index contributed by atoms with van der Waals surface area (Å²) in [4.78, 5) is 15.0. The SMILES string of the molecule is COc1cccc(/C=C2/SC(=S)N(c3ccc4c(c3)OCO4)C2=O)c1OC. The van der Waals surface area contributed by atoms with Crippen LogP contribution in [0.25, 0.3) is 6.08 Å². The number of carbonyl (C=O) groups excluding carboxylic acids is 1. The Kier molecular flexibility index (Phi) is 4.67. The molecule has 4 rings (SSSR count). The molecule has 0 N–H and O–H groups in total. The van der Waals surface area contributed by atoms with Crippen LogP contribution in [0.1, 0.15) is 5.56 Å². The van der Waals surface area contributed by atoms with Gasteiger partial charge in [-0.2, -0.15) is 0 Å². The predicted octanol–water partition coefficient (Wildman–Crippen LogP) is 3.84. The molecule has 27 heavy (non-hydrogen) atoms. The first-order valence-corrected chi connectivity index (χ1v) is 9.23. The van der Waals surface area contributed by atoms with Crippen LogP contribution >= 0.6 is 24.0 Å². The molecule has 2 heterocycles. The lowest BCUT2D eigenvalue weighted by Gasteiger charge is -2.15. The van der Waals surface area contributed by atoms with Crippen molar-refractivity contribution in [3.05, 3.63) is 46.9 Å². The molecule has 0 spiro atoms. The Labute approximate surface area is 165 Å². The van der Waals surface area contributed by atoms with Crippen LogP contribution in [0.15, 0.2) is 41.3 Å². The average molecular weight is 401 g/mol. The van der Waals surface area contributed by atoms with Crippen molar-refractivity contribution >= 4 is 46.0 Å². The third kappa shape index (κ3) is 3.11. The molecule has 0 bridgehead atoms. The van der Waals surface area contributed by atoms with Gasteiger partial charge in [-0.1, -0.05) is 36.1 Å². The van der Waals surface area contributed by atoms with Crippen molar-refractivity contribution in [2.45, 2.75) is 0 Å². The molecule has 0 aliphatic carbocycles. The largest absolute Gasteiger partial charge is 0.493 e. The standard InChI is InChI=1S/C19H15NO5S2/c1-22-14-5-3-4-11(17(14)23-2)8-16-18(21)20(19(26)27-16)12-6-7-13-15(9-12)25-10-24-13/h3-9H,10H2,1-2H3/b16-8+. The Morgan fingerprint density at radius 3 is 2.74 bits per heavy atom. The number of methoxy groups -OCH3 is 2. The first-order valence-electron chi connectivity index (χ1n) is 8.01. The van der Waals surface area contributed by atoms with Crippen molar-refractivity contribution in [3.63, 3.8) is 0 Å². The lowest BCUT2D eigenvalue weighted by Crippen LogP contribution is -2.27. The fraction of sp³-hybridized carbons (Fsp3) is 0.158. The summed E-state index contributed by atoms with van der Waals surface area (Å²) in [5.74, 6) is 2.21. The number of anilines is 1. The van der Waals surface area contributed by atoms with Gasteiger partial charge in [0, 0.05) is 11.6 Å². The molecule has 138 valence electrons. The number of benzene rings is 2. The minimum Gasteiger partial charge on any atom is -0.493 e. The summed E-state index contributed by atoms with van der Waals surface area (Å²) in [6, 6.07) is 10.8. The molecule has 2 aromatic carbocycles. The van der Waals surface area contributed by atoms with E-state index in [0.29, 0.717) is 37.9 Å². The van der Waals surface area contributed by atoms with Crippen LogP contribution < -0.4 is 23.8 Å². The number of thiocarbonyl (C=S) groups is 1. The van der Waals surface area contributed by atoms with Gasteiger partial charge in [0.1, 0.15) is 0 Å². The lowest BCUT2D eigenvalue weighted by molar-refractivity contribution is -0.113. The summed E-state index contributed by atoms with van der Waals surface area (Å²) in [5, 5.41) is 0. The zero-order chi connectivity index (χ0) is 19.0. The zero-order valence-corrected chi connectivity index (χ0v) is 16.2. The van der Waals surface area contributed by atoms with Crippen molar-refractivity contribution < 1.29 is 23.7 Å². The quantitative estimate of drug-likeness (QED) is 0.570. The lowest BCUT2D eigenvalue weighted by atomic mass is 10.1. The van der Waals surface area contributed by atoms with Crippen LogP contribution in [-0.2, 0) is 4.79 Å². The van der Waals surface area contributed by atoms with Crippen molar-refractivity contribution in [1.29, 1.82) is 0 Å². The second kappa shape index (κ2) is 7.13. The van der Waals surface area contributed by atoms with Gasteiger partial charge in [0.25, 0.3) is 5.91 Å². The minimum atomic E-state index is -0.200. The molecule has 0 aromatic heterocycles. The van der Waals surface area contributed by atoms with Gasteiger partial charge in [0.2, 0.25) is 6.79 Å². The maximum absolute atomic E-state index is 13.0. The molecule has 1 fully saturated rings. The summed E-state index contributed by atoms with van der Waals surface area (Å²) in [5.41, 5.74) is 1.38. The molecule has 0 saturated carbocycles. The Morgan fingerprint density at radius 1 is 1.15 bits per heavy atom. The van der Waals surface area contributed by atoms with Gasteiger partial charge in [-0.25, -0.2) is 0 Å². The number of fused-ring (bicyclic) bond motifs is 1. The second-order valence-corrected chi connectivity index (χ2v) is 7.31. The molecule has 0 unspecified atom stereocenters. The summed E-state index contributed by atoms with van der Waals surface area (Å²) >= 11 is 6.67. The van der Waals surface area contributed by atoms with Gasteiger partial charge in [0.05, 0.1) is 24.8 Å². The Morgan fingerprint density at radius 2 is 1.96 bits per heavy atom. The van der Waals surface area contributed by atoms with Gasteiger partial charge in [-0.3, -0.25) is 9.69 Å². The molecule has 0 atom stereocenters. The first-order chi connectivity index (χ1) is 13.1. The van der Waals surface area contributed by atoms with Crippen molar-refractivity contribution in [1.82, 2.24) is 0 Å². The van der Waals surface area contributed by atoms with E-state index in [9.17, 15) is 4.79 Å². The monoisotopic (exact) mass is 401 g/mol. The number of amides is 1. The maximum Gasteiger partial charge on any atom is 0.270 e. The highest BCUT2D eigenvalue weighted by molar-refractivity contribution is 8.27. The molecule has 1 amide bonds. The predicted molar refractivity (Wildman–Crippen MR) is 108 cm³/mol. The molecular weight excluding hydrogens is 386 g/mol. The third-order valence-electron chi connectivity index (χ3n) is 4.13.